The number of carbonyl (C=O) groups is 1. The highest BCUT2D eigenvalue weighted by Gasteiger charge is 2.06. The molecule has 17 heavy (non-hydrogen) atoms. The summed E-state index contributed by atoms with van der Waals surface area (Å²) >= 11 is 3.45. The fourth-order valence-electron chi connectivity index (χ4n) is 1.41. The van der Waals surface area contributed by atoms with Crippen LogP contribution in [0, 0.1) is 0 Å². The third-order valence-corrected chi connectivity index (χ3v) is 3.03. The van der Waals surface area contributed by atoms with E-state index in [9.17, 15) is 4.79 Å². The van der Waals surface area contributed by atoms with Crippen LogP contribution in [0.1, 0.15) is 12.0 Å². The van der Waals surface area contributed by atoms with Gasteiger partial charge in [0.15, 0.2) is 0 Å². The largest absolute Gasteiger partial charge is 0.295 e. The maximum atomic E-state index is 11.6. The Morgan fingerprint density at radius 3 is 2.94 bits per heavy atom. The molecule has 5 nitrogen and oxygen atoms in total. The summed E-state index contributed by atoms with van der Waals surface area (Å²) in [6.07, 6.45) is 2.44. The van der Waals surface area contributed by atoms with Gasteiger partial charge in [-0.25, -0.2) is 5.10 Å². The standard InChI is InChI=1S/C11H11BrN4O/c12-9-4-2-1-3-8(9)5-6-10(17)15-11-13-7-14-16-11/h1-4,7H,5-6H2,(H2,13,14,15,16,17). The van der Waals surface area contributed by atoms with E-state index in [0.717, 1.165) is 10.0 Å². The summed E-state index contributed by atoms with van der Waals surface area (Å²) in [5.41, 5.74) is 1.11. The smallest absolute Gasteiger partial charge is 0.227 e. The fourth-order valence-corrected chi connectivity index (χ4v) is 1.89. The Balaban J connectivity index is 1.86. The number of rotatable bonds is 4. The van der Waals surface area contributed by atoms with E-state index in [-0.39, 0.29) is 5.91 Å². The maximum absolute atomic E-state index is 11.6. The molecule has 0 saturated carbocycles. The molecule has 1 aromatic heterocycles. The number of nitrogens with zero attached hydrogens (tertiary/aromatic N) is 2. The topological polar surface area (TPSA) is 70.7 Å². The van der Waals surface area contributed by atoms with Crippen molar-refractivity contribution in [1.82, 2.24) is 15.2 Å². The van der Waals surface area contributed by atoms with E-state index < -0.39 is 0 Å². The van der Waals surface area contributed by atoms with Gasteiger partial charge < -0.3 is 0 Å². The minimum Gasteiger partial charge on any atom is -0.295 e. The van der Waals surface area contributed by atoms with Crippen molar-refractivity contribution in [2.75, 3.05) is 5.32 Å². The van der Waals surface area contributed by atoms with Crippen LogP contribution in [0.25, 0.3) is 0 Å². The lowest BCUT2D eigenvalue weighted by Gasteiger charge is -2.04. The zero-order valence-electron chi connectivity index (χ0n) is 8.98. The minimum absolute atomic E-state index is 0.0856. The lowest BCUT2D eigenvalue weighted by Crippen LogP contribution is -2.13. The molecular formula is C11H11BrN4O. The summed E-state index contributed by atoms with van der Waals surface area (Å²) < 4.78 is 1.02. The van der Waals surface area contributed by atoms with Crippen LogP contribution in [-0.2, 0) is 11.2 Å². The van der Waals surface area contributed by atoms with Gasteiger partial charge in [-0.3, -0.25) is 10.1 Å². The Morgan fingerprint density at radius 2 is 2.24 bits per heavy atom. The number of H-pyrrole nitrogens is 1. The SMILES string of the molecule is O=C(CCc1ccccc1Br)Nc1ncn[nH]1. The molecule has 0 aliphatic heterocycles. The van der Waals surface area contributed by atoms with Gasteiger partial charge in [0, 0.05) is 10.9 Å². The number of nitrogens with one attached hydrogen (secondary N) is 2. The summed E-state index contributed by atoms with van der Waals surface area (Å²) in [5.74, 6) is 0.291. The third-order valence-electron chi connectivity index (χ3n) is 2.25. The molecule has 2 N–H and O–H groups in total. The van der Waals surface area contributed by atoms with E-state index in [1.54, 1.807) is 0 Å². The molecule has 0 aliphatic carbocycles. The number of halogens is 1. The third kappa shape index (κ3) is 3.39. The van der Waals surface area contributed by atoms with Gasteiger partial charge in [0.05, 0.1) is 0 Å². The molecule has 1 aromatic carbocycles. The van der Waals surface area contributed by atoms with Crippen LogP contribution < -0.4 is 5.32 Å². The molecule has 0 unspecified atom stereocenters. The number of benzene rings is 1. The number of aromatic amines is 1. The highest BCUT2D eigenvalue weighted by molar-refractivity contribution is 9.10. The van der Waals surface area contributed by atoms with Gasteiger partial charge in [0.1, 0.15) is 6.33 Å². The van der Waals surface area contributed by atoms with Crippen molar-refractivity contribution in [2.24, 2.45) is 0 Å². The van der Waals surface area contributed by atoms with Crippen molar-refractivity contribution in [3.8, 4) is 0 Å². The number of aromatic nitrogens is 3. The van der Waals surface area contributed by atoms with Crippen LogP contribution in [0.3, 0.4) is 0 Å². The van der Waals surface area contributed by atoms with Gasteiger partial charge in [-0.1, -0.05) is 34.1 Å². The molecule has 1 heterocycles. The van der Waals surface area contributed by atoms with E-state index >= 15 is 0 Å². The van der Waals surface area contributed by atoms with Gasteiger partial charge in [-0.2, -0.15) is 10.1 Å². The zero-order valence-corrected chi connectivity index (χ0v) is 10.6. The Hall–Kier alpha value is -1.69. The van der Waals surface area contributed by atoms with E-state index in [2.05, 4.69) is 36.4 Å². The van der Waals surface area contributed by atoms with Crippen LogP contribution in [0.2, 0.25) is 0 Å². The van der Waals surface area contributed by atoms with Gasteiger partial charge in [-0.05, 0) is 18.1 Å². The Kier molecular flexibility index (Phi) is 3.87. The first-order chi connectivity index (χ1) is 8.25. The normalized spacial score (nSPS) is 10.2. The maximum Gasteiger partial charge on any atom is 0.227 e. The molecule has 0 fully saturated rings. The summed E-state index contributed by atoms with van der Waals surface area (Å²) in [4.78, 5) is 15.4. The van der Waals surface area contributed by atoms with Crippen LogP contribution in [0.15, 0.2) is 35.1 Å². The molecule has 1 amide bonds. The molecular weight excluding hydrogens is 284 g/mol. The number of carbonyl (C=O) groups excluding carboxylic acids is 1. The van der Waals surface area contributed by atoms with Crippen molar-refractivity contribution in [2.45, 2.75) is 12.8 Å². The first-order valence-corrected chi connectivity index (χ1v) is 5.93. The van der Waals surface area contributed by atoms with Crippen LogP contribution in [0.4, 0.5) is 5.95 Å². The summed E-state index contributed by atoms with van der Waals surface area (Å²) in [7, 11) is 0. The molecule has 2 rings (SSSR count). The lowest BCUT2D eigenvalue weighted by molar-refractivity contribution is -0.116. The van der Waals surface area contributed by atoms with Crippen molar-refractivity contribution < 1.29 is 4.79 Å². The predicted molar refractivity (Wildman–Crippen MR) is 67.5 cm³/mol. The van der Waals surface area contributed by atoms with E-state index in [0.29, 0.717) is 18.8 Å². The van der Waals surface area contributed by atoms with Crippen molar-refractivity contribution >= 4 is 27.8 Å². The van der Waals surface area contributed by atoms with E-state index in [1.807, 2.05) is 24.3 Å². The highest BCUT2D eigenvalue weighted by Crippen LogP contribution is 2.17. The Labute approximate surface area is 107 Å². The molecule has 88 valence electrons. The number of anilines is 1. The van der Waals surface area contributed by atoms with E-state index in [1.165, 1.54) is 6.33 Å². The van der Waals surface area contributed by atoms with E-state index in [4.69, 9.17) is 0 Å². The summed E-state index contributed by atoms with van der Waals surface area (Å²) in [6, 6.07) is 7.85. The number of hydrogen-bond acceptors (Lipinski definition) is 3. The fraction of sp³-hybridized carbons (Fsp3) is 0.182. The Bertz CT molecular complexity index is 498. The molecule has 0 bridgehead atoms. The minimum atomic E-state index is -0.0856. The molecule has 0 radical (unpaired) electrons. The quantitative estimate of drug-likeness (QED) is 0.907. The second-order valence-corrected chi connectivity index (χ2v) is 4.33. The number of amides is 1. The van der Waals surface area contributed by atoms with Crippen LogP contribution in [-0.4, -0.2) is 21.1 Å². The lowest BCUT2D eigenvalue weighted by atomic mass is 10.1. The van der Waals surface area contributed by atoms with Gasteiger partial charge in [-0.15, -0.1) is 0 Å². The second-order valence-electron chi connectivity index (χ2n) is 3.47. The van der Waals surface area contributed by atoms with Crippen LogP contribution >= 0.6 is 15.9 Å². The average molecular weight is 295 g/mol. The molecule has 0 spiro atoms. The first-order valence-electron chi connectivity index (χ1n) is 5.14. The number of hydrogen-bond donors (Lipinski definition) is 2. The molecule has 0 aliphatic rings. The van der Waals surface area contributed by atoms with Crippen molar-refractivity contribution in [3.63, 3.8) is 0 Å². The Morgan fingerprint density at radius 1 is 1.41 bits per heavy atom. The number of aryl methyl sites for hydroxylation is 1. The molecule has 0 atom stereocenters. The second kappa shape index (κ2) is 5.58. The van der Waals surface area contributed by atoms with Crippen LogP contribution in [0.5, 0.6) is 0 Å². The molecule has 2 aromatic rings. The van der Waals surface area contributed by atoms with Gasteiger partial charge >= 0.3 is 0 Å². The average Bonchev–Trinajstić information content (AvgIpc) is 2.81. The van der Waals surface area contributed by atoms with Gasteiger partial charge in [0.25, 0.3) is 0 Å². The zero-order chi connectivity index (χ0) is 12.1. The van der Waals surface area contributed by atoms with Crippen molar-refractivity contribution in [3.05, 3.63) is 40.6 Å². The van der Waals surface area contributed by atoms with Crippen molar-refractivity contribution in [1.29, 1.82) is 0 Å². The molecule has 0 saturated heterocycles. The van der Waals surface area contributed by atoms with Gasteiger partial charge in [0.2, 0.25) is 11.9 Å². The monoisotopic (exact) mass is 294 g/mol. The molecule has 6 heteroatoms. The summed E-state index contributed by atoms with van der Waals surface area (Å²) in [6.45, 7) is 0. The highest BCUT2D eigenvalue weighted by atomic mass is 79.9. The first kappa shape index (κ1) is 11.8. The predicted octanol–water partition coefficient (Wildman–Crippen LogP) is 2.14. The summed E-state index contributed by atoms with van der Waals surface area (Å²) in [5, 5.41) is 8.85.